The van der Waals surface area contributed by atoms with Crippen LogP contribution in [0.4, 0.5) is 0 Å². The zero-order valence-corrected chi connectivity index (χ0v) is 11.5. The molecular formula is C10H11N3O4S2. The Kier molecular flexibility index (Phi) is 3.69. The Morgan fingerprint density at radius 1 is 1.53 bits per heavy atom. The average molecular weight is 301 g/mol. The second-order valence-electron chi connectivity index (χ2n) is 3.77. The molecule has 0 fully saturated rings. The van der Waals surface area contributed by atoms with Gasteiger partial charge in [-0.15, -0.1) is 11.3 Å². The molecule has 2 rings (SSSR count). The van der Waals surface area contributed by atoms with Crippen LogP contribution < -0.4 is 4.72 Å². The number of thiophene rings is 1. The summed E-state index contributed by atoms with van der Waals surface area (Å²) in [5.41, 5.74) is 1.51. The quantitative estimate of drug-likeness (QED) is 0.761. The van der Waals surface area contributed by atoms with Crippen molar-refractivity contribution in [2.24, 2.45) is 0 Å². The molecule has 0 atom stereocenters. The summed E-state index contributed by atoms with van der Waals surface area (Å²) >= 11 is 0.716. The molecule has 0 aliphatic carbocycles. The van der Waals surface area contributed by atoms with Crippen LogP contribution in [0, 0.1) is 6.92 Å². The van der Waals surface area contributed by atoms with Crippen LogP contribution in [-0.2, 0) is 16.6 Å². The summed E-state index contributed by atoms with van der Waals surface area (Å²) in [7, 11) is -3.70. The number of carboxylic acids is 1. The van der Waals surface area contributed by atoms with Crippen LogP contribution in [-0.4, -0.2) is 29.7 Å². The fraction of sp³-hybridized carbons (Fsp3) is 0.200. The Labute approximate surface area is 113 Å². The number of hydrogen-bond donors (Lipinski definition) is 3. The van der Waals surface area contributed by atoms with E-state index in [0.29, 0.717) is 11.3 Å². The summed E-state index contributed by atoms with van der Waals surface area (Å²) in [4.78, 5) is 10.7. The lowest BCUT2D eigenvalue weighted by molar-refractivity contribution is 0.0702. The van der Waals surface area contributed by atoms with Crippen molar-refractivity contribution in [1.29, 1.82) is 0 Å². The topological polar surface area (TPSA) is 112 Å². The normalized spacial score (nSPS) is 11.6. The third kappa shape index (κ3) is 3.00. The van der Waals surface area contributed by atoms with Crippen molar-refractivity contribution in [1.82, 2.24) is 14.9 Å². The van der Waals surface area contributed by atoms with Crippen LogP contribution in [0.5, 0.6) is 0 Å². The number of aromatic amines is 1. The smallest absolute Gasteiger partial charge is 0.345 e. The van der Waals surface area contributed by atoms with E-state index in [2.05, 4.69) is 14.9 Å². The van der Waals surface area contributed by atoms with E-state index in [1.165, 1.54) is 18.3 Å². The molecule has 0 aliphatic rings. The average Bonchev–Trinajstić information content (AvgIpc) is 2.95. The number of nitrogens with one attached hydrogen (secondary N) is 2. The molecule has 0 aliphatic heterocycles. The molecule has 0 saturated heterocycles. The molecular weight excluding hydrogens is 290 g/mol. The number of carboxylic acid groups (broad SMARTS) is 1. The highest BCUT2D eigenvalue weighted by molar-refractivity contribution is 7.91. The minimum atomic E-state index is -3.70. The first-order valence-electron chi connectivity index (χ1n) is 5.22. The molecule has 0 radical (unpaired) electrons. The number of aryl methyl sites for hydroxylation is 1. The molecule has 102 valence electrons. The highest BCUT2D eigenvalue weighted by Crippen LogP contribution is 2.21. The van der Waals surface area contributed by atoms with Gasteiger partial charge in [-0.25, -0.2) is 17.9 Å². The van der Waals surface area contributed by atoms with E-state index in [1.54, 1.807) is 6.92 Å². The highest BCUT2D eigenvalue weighted by Gasteiger charge is 2.19. The SMILES string of the molecule is Cc1[nH]ncc1CNS(=O)(=O)c1ccc(C(=O)O)s1. The fourth-order valence-corrected chi connectivity index (χ4v) is 3.57. The molecule has 2 aromatic heterocycles. The summed E-state index contributed by atoms with van der Waals surface area (Å²) < 4.78 is 26.3. The van der Waals surface area contributed by atoms with Crippen LogP contribution in [0.15, 0.2) is 22.5 Å². The van der Waals surface area contributed by atoms with Gasteiger partial charge in [0.1, 0.15) is 9.09 Å². The second kappa shape index (κ2) is 5.11. The summed E-state index contributed by atoms with van der Waals surface area (Å²) in [6.07, 6.45) is 1.54. The highest BCUT2D eigenvalue weighted by atomic mass is 32.2. The molecule has 0 saturated carbocycles. The molecule has 2 aromatic rings. The summed E-state index contributed by atoms with van der Waals surface area (Å²) in [5.74, 6) is -1.14. The van der Waals surface area contributed by atoms with Gasteiger partial charge in [0.2, 0.25) is 10.0 Å². The number of aromatic carboxylic acids is 1. The molecule has 0 aromatic carbocycles. The number of sulfonamides is 1. The van der Waals surface area contributed by atoms with Crippen molar-refractivity contribution in [2.45, 2.75) is 17.7 Å². The zero-order valence-electron chi connectivity index (χ0n) is 9.87. The van der Waals surface area contributed by atoms with Crippen LogP contribution in [0.25, 0.3) is 0 Å². The van der Waals surface area contributed by atoms with Crippen molar-refractivity contribution >= 4 is 27.3 Å². The van der Waals surface area contributed by atoms with Crippen molar-refractivity contribution < 1.29 is 18.3 Å². The van der Waals surface area contributed by atoms with E-state index in [1.807, 2.05) is 0 Å². The van der Waals surface area contributed by atoms with Gasteiger partial charge in [0.15, 0.2) is 0 Å². The van der Waals surface area contributed by atoms with Crippen molar-refractivity contribution in [3.8, 4) is 0 Å². The van der Waals surface area contributed by atoms with Gasteiger partial charge in [-0.05, 0) is 19.1 Å². The van der Waals surface area contributed by atoms with Gasteiger partial charge >= 0.3 is 5.97 Å². The van der Waals surface area contributed by atoms with E-state index >= 15 is 0 Å². The molecule has 9 heteroatoms. The monoisotopic (exact) mass is 301 g/mol. The van der Waals surface area contributed by atoms with Gasteiger partial charge in [0, 0.05) is 17.8 Å². The Morgan fingerprint density at radius 3 is 2.79 bits per heavy atom. The summed E-state index contributed by atoms with van der Waals surface area (Å²) in [6, 6.07) is 2.54. The van der Waals surface area contributed by atoms with Gasteiger partial charge < -0.3 is 5.11 Å². The van der Waals surface area contributed by atoms with E-state index < -0.39 is 16.0 Å². The number of carbonyl (C=O) groups is 1. The first-order chi connectivity index (χ1) is 8.90. The molecule has 19 heavy (non-hydrogen) atoms. The molecule has 0 spiro atoms. The van der Waals surface area contributed by atoms with Gasteiger partial charge in [0.05, 0.1) is 6.20 Å². The van der Waals surface area contributed by atoms with Gasteiger partial charge in [-0.2, -0.15) is 5.10 Å². The van der Waals surface area contributed by atoms with Crippen molar-refractivity contribution in [3.05, 3.63) is 34.5 Å². The Bertz CT molecular complexity index is 702. The predicted molar refractivity (Wildman–Crippen MR) is 68.6 cm³/mol. The molecule has 0 bridgehead atoms. The van der Waals surface area contributed by atoms with E-state index in [-0.39, 0.29) is 15.6 Å². The minimum Gasteiger partial charge on any atom is -0.477 e. The van der Waals surface area contributed by atoms with Crippen LogP contribution in [0.1, 0.15) is 20.9 Å². The lowest BCUT2D eigenvalue weighted by Gasteiger charge is -2.03. The number of nitrogens with zero attached hydrogens (tertiary/aromatic N) is 1. The third-order valence-electron chi connectivity index (χ3n) is 2.44. The maximum Gasteiger partial charge on any atom is 0.345 e. The Hall–Kier alpha value is -1.71. The Balaban J connectivity index is 2.14. The maximum atomic E-state index is 12.0. The lowest BCUT2D eigenvalue weighted by atomic mass is 10.3. The minimum absolute atomic E-state index is 0.0140. The van der Waals surface area contributed by atoms with Crippen LogP contribution in [0.2, 0.25) is 0 Å². The van der Waals surface area contributed by atoms with E-state index in [0.717, 1.165) is 11.3 Å². The largest absolute Gasteiger partial charge is 0.477 e. The number of hydrogen-bond acceptors (Lipinski definition) is 5. The molecule has 2 heterocycles. The van der Waals surface area contributed by atoms with Gasteiger partial charge in [-0.3, -0.25) is 5.10 Å². The summed E-state index contributed by atoms with van der Waals surface area (Å²) in [5, 5.41) is 15.3. The molecule has 3 N–H and O–H groups in total. The van der Waals surface area contributed by atoms with Crippen LogP contribution >= 0.6 is 11.3 Å². The lowest BCUT2D eigenvalue weighted by Crippen LogP contribution is -2.22. The first kappa shape index (κ1) is 13.7. The first-order valence-corrected chi connectivity index (χ1v) is 7.52. The maximum absolute atomic E-state index is 12.0. The van der Waals surface area contributed by atoms with Crippen LogP contribution in [0.3, 0.4) is 0 Å². The molecule has 0 amide bonds. The van der Waals surface area contributed by atoms with Gasteiger partial charge in [0.25, 0.3) is 0 Å². The van der Waals surface area contributed by atoms with Gasteiger partial charge in [-0.1, -0.05) is 0 Å². The molecule has 0 unspecified atom stereocenters. The van der Waals surface area contributed by atoms with E-state index in [4.69, 9.17) is 5.11 Å². The standard InChI is InChI=1S/C10H11N3O4S2/c1-6-7(4-11-13-6)5-12-19(16,17)9-3-2-8(18-9)10(14)15/h2-4,12H,5H2,1H3,(H,11,13)(H,14,15). The third-order valence-corrected chi connectivity index (χ3v) is 5.41. The number of aromatic nitrogens is 2. The fourth-order valence-electron chi connectivity index (χ4n) is 1.38. The summed E-state index contributed by atoms with van der Waals surface area (Å²) in [6.45, 7) is 1.88. The zero-order chi connectivity index (χ0) is 14.0. The van der Waals surface area contributed by atoms with E-state index in [9.17, 15) is 13.2 Å². The number of H-pyrrole nitrogens is 1. The number of rotatable bonds is 5. The molecule has 7 nitrogen and oxygen atoms in total. The second-order valence-corrected chi connectivity index (χ2v) is 6.85. The predicted octanol–water partition coefficient (Wildman–Crippen LogP) is 0.956. The van der Waals surface area contributed by atoms with Crippen molar-refractivity contribution in [2.75, 3.05) is 0 Å². The van der Waals surface area contributed by atoms with Crippen molar-refractivity contribution in [3.63, 3.8) is 0 Å². The Morgan fingerprint density at radius 2 is 2.26 bits per heavy atom.